The highest BCUT2D eigenvalue weighted by Crippen LogP contribution is 2.49. The number of hydrogen-bond acceptors (Lipinski definition) is 2. The Morgan fingerprint density at radius 1 is 1.39 bits per heavy atom. The molecule has 0 bridgehead atoms. The summed E-state index contributed by atoms with van der Waals surface area (Å²) in [4.78, 5) is 3.93. The maximum absolute atomic E-state index is 12.5. The molecule has 0 aliphatic heterocycles. The number of halogens is 3. The standard InChI is InChI=1S/C13H17F3N2/c1-2-4-12(5-6-12)9-18-11-8-10(3-7-17-11)13(14,15)16/h3,7-8H,2,4-6,9H2,1H3,(H,17,18). The number of pyridine rings is 1. The lowest BCUT2D eigenvalue weighted by Crippen LogP contribution is -2.16. The molecule has 2 nitrogen and oxygen atoms in total. The SMILES string of the molecule is CCCC1(CNc2cc(C(F)(F)F)ccn2)CC1. The second-order valence-corrected chi connectivity index (χ2v) is 5.03. The summed E-state index contributed by atoms with van der Waals surface area (Å²) >= 11 is 0. The summed E-state index contributed by atoms with van der Waals surface area (Å²) in [7, 11) is 0. The second kappa shape index (κ2) is 4.78. The smallest absolute Gasteiger partial charge is 0.370 e. The van der Waals surface area contributed by atoms with Crippen LogP contribution in [0.15, 0.2) is 18.3 Å². The van der Waals surface area contributed by atoms with Crippen molar-refractivity contribution in [3.8, 4) is 0 Å². The van der Waals surface area contributed by atoms with E-state index in [9.17, 15) is 13.2 Å². The molecule has 1 aromatic heterocycles. The average Bonchev–Trinajstić information content (AvgIpc) is 3.07. The molecule has 2 rings (SSSR count). The molecule has 5 heteroatoms. The van der Waals surface area contributed by atoms with Gasteiger partial charge in [0.25, 0.3) is 0 Å². The molecule has 18 heavy (non-hydrogen) atoms. The normalized spacial score (nSPS) is 17.6. The fraction of sp³-hybridized carbons (Fsp3) is 0.615. The summed E-state index contributed by atoms with van der Waals surface area (Å²) in [5.74, 6) is 0.312. The van der Waals surface area contributed by atoms with E-state index in [-0.39, 0.29) is 0 Å². The largest absolute Gasteiger partial charge is 0.416 e. The van der Waals surface area contributed by atoms with Crippen LogP contribution in [0.2, 0.25) is 0 Å². The van der Waals surface area contributed by atoms with E-state index < -0.39 is 11.7 Å². The van der Waals surface area contributed by atoms with E-state index in [1.54, 1.807) is 0 Å². The van der Waals surface area contributed by atoms with Crippen molar-refractivity contribution in [1.29, 1.82) is 0 Å². The van der Waals surface area contributed by atoms with Crippen molar-refractivity contribution in [2.45, 2.75) is 38.8 Å². The molecule has 0 unspecified atom stereocenters. The topological polar surface area (TPSA) is 24.9 Å². The maximum Gasteiger partial charge on any atom is 0.416 e. The van der Waals surface area contributed by atoms with E-state index in [0.717, 1.165) is 44.4 Å². The van der Waals surface area contributed by atoms with Crippen LogP contribution < -0.4 is 5.32 Å². The first-order valence-corrected chi connectivity index (χ1v) is 6.22. The van der Waals surface area contributed by atoms with Crippen molar-refractivity contribution in [3.05, 3.63) is 23.9 Å². The van der Waals surface area contributed by atoms with Crippen LogP contribution in [0.4, 0.5) is 19.0 Å². The molecule has 1 aliphatic rings. The molecule has 1 N–H and O–H groups in total. The van der Waals surface area contributed by atoms with Crippen molar-refractivity contribution in [2.75, 3.05) is 11.9 Å². The summed E-state index contributed by atoms with van der Waals surface area (Å²) in [5.41, 5.74) is -0.356. The fourth-order valence-corrected chi connectivity index (χ4v) is 2.20. The molecule has 1 saturated carbocycles. The number of alkyl halides is 3. The monoisotopic (exact) mass is 258 g/mol. The number of hydrogen-bond donors (Lipinski definition) is 1. The van der Waals surface area contributed by atoms with Crippen molar-refractivity contribution < 1.29 is 13.2 Å². The Balaban J connectivity index is 1.98. The van der Waals surface area contributed by atoms with Crippen molar-refractivity contribution in [3.63, 3.8) is 0 Å². The number of rotatable bonds is 5. The molecule has 0 saturated heterocycles. The first kappa shape index (κ1) is 13.2. The summed E-state index contributed by atoms with van der Waals surface area (Å²) in [6.45, 7) is 2.84. The van der Waals surface area contributed by atoms with Gasteiger partial charge in [0.2, 0.25) is 0 Å². The van der Waals surface area contributed by atoms with Crippen LogP contribution in [0.25, 0.3) is 0 Å². The third-order valence-electron chi connectivity index (χ3n) is 3.47. The van der Waals surface area contributed by atoms with Gasteiger partial charge in [-0.15, -0.1) is 0 Å². The van der Waals surface area contributed by atoms with Crippen molar-refractivity contribution >= 4 is 5.82 Å². The molecule has 1 fully saturated rings. The van der Waals surface area contributed by atoms with Crippen LogP contribution in [0.3, 0.4) is 0 Å². The summed E-state index contributed by atoms with van der Waals surface area (Å²) in [6, 6.07) is 2.06. The predicted molar refractivity (Wildman–Crippen MR) is 64.3 cm³/mol. The molecule has 1 aliphatic carbocycles. The van der Waals surface area contributed by atoms with Crippen molar-refractivity contribution in [2.24, 2.45) is 5.41 Å². The number of nitrogens with one attached hydrogen (secondary N) is 1. The van der Waals surface area contributed by atoms with Gasteiger partial charge in [0.05, 0.1) is 5.56 Å². The molecule has 100 valence electrons. The third kappa shape index (κ3) is 3.15. The van der Waals surface area contributed by atoms with Gasteiger partial charge in [0, 0.05) is 12.7 Å². The first-order valence-electron chi connectivity index (χ1n) is 6.22. The molecule has 0 aromatic carbocycles. The van der Waals surface area contributed by atoms with Gasteiger partial charge in [-0.25, -0.2) is 4.98 Å². The van der Waals surface area contributed by atoms with E-state index in [1.165, 1.54) is 6.20 Å². The van der Waals surface area contributed by atoms with Gasteiger partial charge in [0.15, 0.2) is 0 Å². The zero-order valence-corrected chi connectivity index (χ0v) is 10.3. The number of nitrogens with zero attached hydrogens (tertiary/aromatic N) is 1. The van der Waals surface area contributed by atoms with Gasteiger partial charge in [-0.3, -0.25) is 0 Å². The van der Waals surface area contributed by atoms with Crippen LogP contribution in [-0.4, -0.2) is 11.5 Å². The lowest BCUT2D eigenvalue weighted by atomic mass is 10.0. The van der Waals surface area contributed by atoms with Crippen LogP contribution in [0, 0.1) is 5.41 Å². The molecule has 0 radical (unpaired) electrons. The molecular weight excluding hydrogens is 241 g/mol. The van der Waals surface area contributed by atoms with E-state index >= 15 is 0 Å². The summed E-state index contributed by atoms with van der Waals surface area (Å²) in [6.07, 6.45) is 1.45. The Hall–Kier alpha value is -1.26. The molecular formula is C13H17F3N2. The molecule has 0 amide bonds. The zero-order valence-electron chi connectivity index (χ0n) is 10.3. The van der Waals surface area contributed by atoms with E-state index in [2.05, 4.69) is 17.2 Å². The average molecular weight is 258 g/mol. The van der Waals surface area contributed by atoms with Gasteiger partial charge in [-0.05, 0) is 36.8 Å². The minimum absolute atomic E-state index is 0.296. The quantitative estimate of drug-likeness (QED) is 0.860. The molecule has 0 spiro atoms. The van der Waals surface area contributed by atoms with Crippen LogP contribution in [0.1, 0.15) is 38.2 Å². The van der Waals surface area contributed by atoms with Gasteiger partial charge in [0.1, 0.15) is 5.82 Å². The van der Waals surface area contributed by atoms with Crippen LogP contribution in [-0.2, 0) is 6.18 Å². The first-order chi connectivity index (χ1) is 8.45. The van der Waals surface area contributed by atoms with Gasteiger partial charge in [-0.2, -0.15) is 13.2 Å². The molecule has 1 aromatic rings. The van der Waals surface area contributed by atoms with Crippen molar-refractivity contribution in [1.82, 2.24) is 4.98 Å². The number of aromatic nitrogens is 1. The summed E-state index contributed by atoms with van der Waals surface area (Å²) in [5, 5.41) is 3.03. The predicted octanol–water partition coefficient (Wildman–Crippen LogP) is 4.09. The summed E-state index contributed by atoms with van der Waals surface area (Å²) < 4.78 is 37.6. The fourth-order valence-electron chi connectivity index (χ4n) is 2.20. The minimum Gasteiger partial charge on any atom is -0.370 e. The van der Waals surface area contributed by atoms with E-state index in [4.69, 9.17) is 0 Å². The van der Waals surface area contributed by atoms with Crippen LogP contribution in [0.5, 0.6) is 0 Å². The lowest BCUT2D eigenvalue weighted by molar-refractivity contribution is -0.137. The van der Waals surface area contributed by atoms with Gasteiger partial charge < -0.3 is 5.32 Å². The van der Waals surface area contributed by atoms with Gasteiger partial charge >= 0.3 is 6.18 Å². The highest BCUT2D eigenvalue weighted by molar-refractivity contribution is 5.39. The van der Waals surface area contributed by atoms with Crippen LogP contribution >= 0.6 is 0 Å². The Bertz CT molecular complexity index is 411. The number of anilines is 1. The Labute approximate surface area is 105 Å². The second-order valence-electron chi connectivity index (χ2n) is 5.03. The Morgan fingerprint density at radius 2 is 2.11 bits per heavy atom. The van der Waals surface area contributed by atoms with Gasteiger partial charge in [-0.1, -0.05) is 13.3 Å². The van der Waals surface area contributed by atoms with E-state index in [0.29, 0.717) is 11.2 Å². The molecule has 0 atom stereocenters. The minimum atomic E-state index is -4.31. The van der Waals surface area contributed by atoms with E-state index in [1.807, 2.05) is 0 Å². The zero-order chi connectivity index (χ0) is 13.2. The Morgan fingerprint density at radius 3 is 2.67 bits per heavy atom. The highest BCUT2D eigenvalue weighted by atomic mass is 19.4. The maximum atomic E-state index is 12.5. The Kier molecular flexibility index (Phi) is 3.50. The lowest BCUT2D eigenvalue weighted by Gasteiger charge is -2.16. The third-order valence-corrected chi connectivity index (χ3v) is 3.47. The highest BCUT2D eigenvalue weighted by Gasteiger charge is 2.41. The molecule has 1 heterocycles.